The number of carboxylic acid groups (broad SMARTS) is 2. The van der Waals surface area contributed by atoms with Crippen LogP contribution in [0.25, 0.3) is 0 Å². The second-order valence-corrected chi connectivity index (χ2v) is 7.68. The largest absolute Gasteiger partial charge is 0.481 e. The van der Waals surface area contributed by atoms with E-state index in [-0.39, 0.29) is 19.3 Å². The molecule has 0 spiro atoms. The van der Waals surface area contributed by atoms with E-state index < -0.39 is 78.5 Å². The molecule has 17 nitrogen and oxygen atoms in total. The summed E-state index contributed by atoms with van der Waals surface area (Å²) in [4.78, 5) is 89.0. The highest BCUT2D eigenvalue weighted by atomic mass is 16.4. The fourth-order valence-electron chi connectivity index (χ4n) is 2.86. The van der Waals surface area contributed by atoms with Gasteiger partial charge < -0.3 is 48.3 Å². The molecule has 0 fully saturated rings. The molecule has 17 heteroatoms. The maximum atomic E-state index is 12.8. The lowest BCUT2D eigenvalue weighted by Crippen LogP contribution is -2.58. The minimum absolute atomic E-state index is 0.163. The number of nitrogens with one attached hydrogen (secondary N) is 4. The number of imidazole rings is 1. The first-order valence-corrected chi connectivity index (χ1v) is 10.4. The lowest BCUT2D eigenvalue weighted by molar-refractivity contribution is -0.144. The highest BCUT2D eigenvalue weighted by Crippen LogP contribution is 2.04. The number of amides is 5. The number of aromatic amines is 1. The Kier molecular flexibility index (Phi) is 11.5. The fraction of sp³-hybridized carbons (Fsp3) is 0.474. The van der Waals surface area contributed by atoms with E-state index in [0.29, 0.717) is 5.69 Å². The summed E-state index contributed by atoms with van der Waals surface area (Å²) in [5.41, 5.74) is 16.0. The first-order chi connectivity index (χ1) is 16.8. The number of primary amides is 2. The summed E-state index contributed by atoms with van der Waals surface area (Å²) < 4.78 is 0. The maximum absolute atomic E-state index is 12.8. The van der Waals surface area contributed by atoms with Crippen molar-refractivity contribution < 1.29 is 43.8 Å². The molecule has 0 radical (unpaired) electrons. The number of hydrogen-bond acceptors (Lipinski definition) is 9. The molecule has 1 aromatic heterocycles. The van der Waals surface area contributed by atoms with Crippen LogP contribution < -0.4 is 33.2 Å². The highest BCUT2D eigenvalue weighted by Gasteiger charge is 2.32. The predicted octanol–water partition coefficient (Wildman–Crippen LogP) is -4.57. The van der Waals surface area contributed by atoms with E-state index in [1.807, 2.05) is 0 Å². The van der Waals surface area contributed by atoms with Crippen LogP contribution in [-0.2, 0) is 40.0 Å². The zero-order chi connectivity index (χ0) is 27.4. The van der Waals surface area contributed by atoms with Crippen molar-refractivity contribution >= 4 is 41.5 Å². The molecule has 0 aliphatic rings. The number of carbonyl (C=O) groups excluding carboxylic acids is 5. The maximum Gasteiger partial charge on any atom is 0.326 e. The van der Waals surface area contributed by atoms with Gasteiger partial charge in [0.1, 0.15) is 18.1 Å². The SMILES string of the molecule is NC(=O)CCC(N)C(=O)NC(CC(=O)O)C(=O)NC(Cc1cnc[nH]1)C(=O)NC(CC(N)=O)C(=O)O. The van der Waals surface area contributed by atoms with E-state index in [1.165, 1.54) is 12.5 Å². The van der Waals surface area contributed by atoms with Crippen LogP contribution in [0, 0.1) is 0 Å². The molecule has 0 saturated carbocycles. The number of aliphatic carboxylic acids is 2. The Balaban J connectivity index is 3.06. The Morgan fingerprint density at radius 3 is 1.94 bits per heavy atom. The van der Waals surface area contributed by atoms with Crippen LogP contribution in [0.5, 0.6) is 0 Å². The number of nitrogens with two attached hydrogens (primary N) is 3. The molecule has 0 bridgehead atoms. The summed E-state index contributed by atoms with van der Waals surface area (Å²) in [6, 6.07) is -6.15. The number of hydrogen-bond donors (Lipinski definition) is 9. The molecule has 1 rings (SSSR count). The van der Waals surface area contributed by atoms with Crippen molar-refractivity contribution in [3.8, 4) is 0 Å². The third-order valence-corrected chi connectivity index (χ3v) is 4.68. The summed E-state index contributed by atoms with van der Waals surface area (Å²) in [5, 5.41) is 24.8. The second-order valence-electron chi connectivity index (χ2n) is 7.68. The summed E-state index contributed by atoms with van der Waals surface area (Å²) in [7, 11) is 0. The Labute approximate surface area is 203 Å². The fourth-order valence-corrected chi connectivity index (χ4v) is 2.86. The molecule has 0 aromatic carbocycles. The first kappa shape index (κ1) is 29.5. The summed E-state index contributed by atoms with van der Waals surface area (Å²) >= 11 is 0. The number of H-pyrrole nitrogens is 1. The molecule has 4 atom stereocenters. The molecule has 198 valence electrons. The monoisotopic (exact) mass is 512 g/mol. The van der Waals surface area contributed by atoms with Gasteiger partial charge in [-0.25, -0.2) is 9.78 Å². The van der Waals surface area contributed by atoms with Gasteiger partial charge in [-0.05, 0) is 6.42 Å². The van der Waals surface area contributed by atoms with E-state index in [9.17, 15) is 38.7 Å². The molecule has 4 unspecified atom stereocenters. The van der Waals surface area contributed by atoms with Gasteiger partial charge in [0, 0.05) is 24.7 Å². The van der Waals surface area contributed by atoms with E-state index >= 15 is 0 Å². The molecule has 5 amide bonds. The highest BCUT2D eigenvalue weighted by molar-refractivity contribution is 5.96. The lowest BCUT2D eigenvalue weighted by atomic mass is 10.1. The Bertz CT molecular complexity index is 982. The Hall–Kier alpha value is -4.54. The Morgan fingerprint density at radius 2 is 1.44 bits per heavy atom. The number of rotatable bonds is 16. The number of nitrogens with zero attached hydrogens (tertiary/aromatic N) is 1. The van der Waals surface area contributed by atoms with E-state index in [1.54, 1.807) is 0 Å². The Morgan fingerprint density at radius 1 is 0.861 bits per heavy atom. The average Bonchev–Trinajstić information content (AvgIpc) is 3.28. The molecule has 12 N–H and O–H groups in total. The molecule has 36 heavy (non-hydrogen) atoms. The van der Waals surface area contributed by atoms with Gasteiger partial charge in [-0.15, -0.1) is 0 Å². The molecular weight excluding hydrogens is 484 g/mol. The van der Waals surface area contributed by atoms with Crippen molar-refractivity contribution in [3.05, 3.63) is 18.2 Å². The molecule has 1 aromatic rings. The molecule has 0 aliphatic carbocycles. The predicted molar refractivity (Wildman–Crippen MR) is 118 cm³/mol. The van der Waals surface area contributed by atoms with Crippen molar-refractivity contribution in [3.63, 3.8) is 0 Å². The second kappa shape index (κ2) is 14.0. The van der Waals surface area contributed by atoms with Crippen LogP contribution in [-0.4, -0.2) is 85.8 Å². The van der Waals surface area contributed by atoms with Gasteiger partial charge in [-0.2, -0.15) is 0 Å². The van der Waals surface area contributed by atoms with Gasteiger partial charge in [0.15, 0.2) is 0 Å². The van der Waals surface area contributed by atoms with Crippen molar-refractivity contribution in [1.29, 1.82) is 0 Å². The average molecular weight is 512 g/mol. The van der Waals surface area contributed by atoms with Gasteiger partial charge in [0.2, 0.25) is 29.5 Å². The first-order valence-electron chi connectivity index (χ1n) is 10.4. The van der Waals surface area contributed by atoms with Gasteiger partial charge in [-0.3, -0.25) is 28.8 Å². The molecule has 0 aliphatic heterocycles. The summed E-state index contributed by atoms with van der Waals surface area (Å²) in [6.07, 6.45) is 0.340. The minimum Gasteiger partial charge on any atom is -0.481 e. The van der Waals surface area contributed by atoms with Gasteiger partial charge in [-0.1, -0.05) is 0 Å². The van der Waals surface area contributed by atoms with Gasteiger partial charge in [0.25, 0.3) is 0 Å². The lowest BCUT2D eigenvalue weighted by Gasteiger charge is -2.24. The van der Waals surface area contributed by atoms with Crippen molar-refractivity contribution in [2.75, 3.05) is 0 Å². The van der Waals surface area contributed by atoms with Crippen molar-refractivity contribution in [2.24, 2.45) is 17.2 Å². The van der Waals surface area contributed by atoms with Crippen LogP contribution in [0.4, 0.5) is 0 Å². The van der Waals surface area contributed by atoms with E-state index in [0.717, 1.165) is 0 Å². The molecular formula is C19H28N8O9. The van der Waals surface area contributed by atoms with Crippen molar-refractivity contribution in [2.45, 2.75) is 56.3 Å². The topological polar surface area (TPSA) is 303 Å². The van der Waals surface area contributed by atoms with Crippen LogP contribution in [0.15, 0.2) is 12.5 Å². The van der Waals surface area contributed by atoms with Crippen LogP contribution in [0.2, 0.25) is 0 Å². The van der Waals surface area contributed by atoms with Crippen LogP contribution >= 0.6 is 0 Å². The summed E-state index contributed by atoms with van der Waals surface area (Å²) in [5.74, 6) is -7.84. The number of carboxylic acids is 2. The van der Waals surface area contributed by atoms with Gasteiger partial charge in [0.05, 0.1) is 25.2 Å². The standard InChI is InChI=1S/C19H28N8O9/c20-9(1-2-13(21)28)16(32)25-11(5-15(30)31)18(34)26-10(3-8-6-23-7-24-8)17(33)27-12(19(35)36)4-14(22)29/h6-7,9-12H,1-5,20H2,(H2,21,28)(H2,22,29)(H,23,24)(H,25,32)(H,26,34)(H,27,33)(H,30,31)(H,35,36). The third kappa shape index (κ3) is 10.6. The minimum atomic E-state index is -1.70. The quantitative estimate of drug-likeness (QED) is 0.101. The number of carbonyl (C=O) groups is 7. The zero-order valence-electron chi connectivity index (χ0n) is 18.9. The van der Waals surface area contributed by atoms with Crippen LogP contribution in [0.3, 0.4) is 0 Å². The van der Waals surface area contributed by atoms with Crippen LogP contribution in [0.1, 0.15) is 31.4 Å². The normalized spacial score (nSPS) is 13.9. The van der Waals surface area contributed by atoms with Gasteiger partial charge >= 0.3 is 11.9 Å². The third-order valence-electron chi connectivity index (χ3n) is 4.68. The van der Waals surface area contributed by atoms with Crippen molar-refractivity contribution in [1.82, 2.24) is 25.9 Å². The molecule has 0 saturated heterocycles. The smallest absolute Gasteiger partial charge is 0.326 e. The zero-order valence-corrected chi connectivity index (χ0v) is 18.9. The van der Waals surface area contributed by atoms with E-state index in [2.05, 4.69) is 25.9 Å². The summed E-state index contributed by atoms with van der Waals surface area (Å²) in [6.45, 7) is 0. The van der Waals surface area contributed by atoms with E-state index in [4.69, 9.17) is 22.3 Å². The number of aromatic nitrogens is 2. The molecule has 1 heterocycles.